The summed E-state index contributed by atoms with van der Waals surface area (Å²) in [5, 5.41) is -0.263. The largest absolute Gasteiger partial charge is 0.276 e. The zero-order chi connectivity index (χ0) is 15.1. The molecule has 0 saturated heterocycles. The SMILES string of the molecule is O=C(Cl)c1ccccc1Cl.O=C(Cl)c1ccccc1Cl. The molecule has 2 aromatic rings. The standard InChI is InChI=1S/2C7H4Cl2O/c2*8-6-4-2-1-3-5(6)7(9)10/h2*1-4H. The van der Waals surface area contributed by atoms with Crippen LogP contribution in [0.5, 0.6) is 0 Å². The molecule has 2 aromatic carbocycles. The van der Waals surface area contributed by atoms with Crippen molar-refractivity contribution in [3.8, 4) is 0 Å². The Morgan fingerprint density at radius 1 is 0.650 bits per heavy atom. The first-order valence-corrected chi connectivity index (χ1v) is 6.83. The van der Waals surface area contributed by atoms with E-state index < -0.39 is 10.5 Å². The molecule has 0 amide bonds. The summed E-state index contributed by atoms with van der Waals surface area (Å²) in [6.45, 7) is 0. The highest BCUT2D eigenvalue weighted by atomic mass is 35.5. The highest BCUT2D eigenvalue weighted by Gasteiger charge is 2.04. The van der Waals surface area contributed by atoms with Gasteiger partial charge in [0.05, 0.1) is 21.2 Å². The van der Waals surface area contributed by atoms with Crippen LogP contribution >= 0.6 is 46.4 Å². The van der Waals surface area contributed by atoms with E-state index in [-0.39, 0.29) is 0 Å². The van der Waals surface area contributed by atoms with Gasteiger partial charge in [-0.15, -0.1) is 0 Å². The molecule has 0 aliphatic carbocycles. The Hall–Kier alpha value is -1.06. The van der Waals surface area contributed by atoms with Gasteiger partial charge in [-0.2, -0.15) is 0 Å². The predicted octanol–water partition coefficient (Wildman–Crippen LogP) is 5.44. The Bertz CT molecular complexity index is 571. The Morgan fingerprint density at radius 3 is 1.15 bits per heavy atom. The zero-order valence-corrected chi connectivity index (χ0v) is 13.0. The molecule has 0 bridgehead atoms. The molecule has 6 heteroatoms. The topological polar surface area (TPSA) is 34.1 Å². The van der Waals surface area contributed by atoms with Crippen LogP contribution in [0.3, 0.4) is 0 Å². The summed E-state index contributed by atoms with van der Waals surface area (Å²) in [4.78, 5) is 21.1. The Balaban J connectivity index is 0.000000200. The van der Waals surface area contributed by atoms with E-state index in [9.17, 15) is 9.59 Å². The molecule has 0 aliphatic heterocycles. The minimum atomic E-state index is -0.523. The Kier molecular flexibility index (Phi) is 7.03. The van der Waals surface area contributed by atoms with Crippen molar-refractivity contribution in [3.63, 3.8) is 0 Å². The van der Waals surface area contributed by atoms with E-state index in [1.165, 1.54) is 0 Å². The molecule has 0 fully saturated rings. The third-order valence-electron chi connectivity index (χ3n) is 2.17. The van der Waals surface area contributed by atoms with Crippen molar-refractivity contribution in [3.05, 3.63) is 69.7 Å². The second-order valence-electron chi connectivity index (χ2n) is 3.51. The van der Waals surface area contributed by atoms with Crippen LogP contribution in [0.25, 0.3) is 0 Å². The number of hydrogen-bond donors (Lipinski definition) is 0. The summed E-state index contributed by atoms with van der Waals surface area (Å²) in [5.74, 6) is 0. The van der Waals surface area contributed by atoms with Gasteiger partial charge < -0.3 is 0 Å². The summed E-state index contributed by atoms with van der Waals surface area (Å²) < 4.78 is 0. The molecule has 0 saturated carbocycles. The van der Waals surface area contributed by atoms with E-state index in [0.29, 0.717) is 21.2 Å². The summed E-state index contributed by atoms with van der Waals surface area (Å²) in [7, 11) is 0. The maximum Gasteiger partial charge on any atom is 0.253 e. The molecule has 2 rings (SSSR count). The smallest absolute Gasteiger partial charge is 0.253 e. The second-order valence-corrected chi connectivity index (χ2v) is 5.01. The van der Waals surface area contributed by atoms with Crippen LogP contribution in [0.2, 0.25) is 10.0 Å². The van der Waals surface area contributed by atoms with Crippen molar-refractivity contribution in [2.45, 2.75) is 0 Å². The fourth-order valence-corrected chi connectivity index (χ4v) is 2.11. The highest BCUT2D eigenvalue weighted by Crippen LogP contribution is 2.17. The lowest BCUT2D eigenvalue weighted by Crippen LogP contribution is -1.87. The Morgan fingerprint density at radius 2 is 0.950 bits per heavy atom. The third kappa shape index (κ3) is 5.14. The van der Waals surface area contributed by atoms with Gasteiger partial charge in [-0.1, -0.05) is 47.5 Å². The van der Waals surface area contributed by atoms with Crippen LogP contribution in [-0.2, 0) is 0 Å². The van der Waals surface area contributed by atoms with Gasteiger partial charge in [-0.05, 0) is 47.5 Å². The van der Waals surface area contributed by atoms with Crippen molar-refractivity contribution in [1.82, 2.24) is 0 Å². The zero-order valence-electron chi connectivity index (χ0n) is 9.95. The van der Waals surface area contributed by atoms with Crippen LogP contribution in [0, 0.1) is 0 Å². The molecule has 0 atom stereocenters. The molecular formula is C14H8Cl4O2. The molecule has 0 aliphatic rings. The lowest BCUT2D eigenvalue weighted by Gasteiger charge is -1.93. The number of carbonyl (C=O) groups is 2. The number of carbonyl (C=O) groups excluding carboxylic acids is 2. The average Bonchev–Trinajstić information content (AvgIpc) is 2.40. The van der Waals surface area contributed by atoms with Crippen LogP contribution in [0.4, 0.5) is 0 Å². The number of hydrogen-bond acceptors (Lipinski definition) is 2. The van der Waals surface area contributed by atoms with Gasteiger partial charge in [0.25, 0.3) is 10.5 Å². The normalized spacial score (nSPS) is 9.40. The van der Waals surface area contributed by atoms with Crippen molar-refractivity contribution in [2.24, 2.45) is 0 Å². The van der Waals surface area contributed by atoms with Crippen LogP contribution < -0.4 is 0 Å². The van der Waals surface area contributed by atoms with Gasteiger partial charge in [0.1, 0.15) is 0 Å². The fraction of sp³-hybridized carbons (Fsp3) is 0. The average molecular weight is 350 g/mol. The van der Waals surface area contributed by atoms with Crippen LogP contribution in [-0.4, -0.2) is 10.5 Å². The molecule has 20 heavy (non-hydrogen) atoms. The van der Waals surface area contributed by atoms with E-state index in [0.717, 1.165) is 0 Å². The van der Waals surface area contributed by atoms with Crippen molar-refractivity contribution < 1.29 is 9.59 Å². The molecule has 0 spiro atoms. The van der Waals surface area contributed by atoms with Crippen LogP contribution in [0.15, 0.2) is 48.5 Å². The van der Waals surface area contributed by atoms with E-state index in [1.807, 2.05) is 0 Å². The van der Waals surface area contributed by atoms with Gasteiger partial charge in [0.2, 0.25) is 0 Å². The van der Waals surface area contributed by atoms with E-state index in [4.69, 9.17) is 46.4 Å². The molecule has 0 N–H and O–H groups in total. The number of benzene rings is 2. The number of halogens is 4. The van der Waals surface area contributed by atoms with Crippen molar-refractivity contribution in [2.75, 3.05) is 0 Å². The monoisotopic (exact) mass is 348 g/mol. The van der Waals surface area contributed by atoms with Gasteiger partial charge in [-0.3, -0.25) is 9.59 Å². The van der Waals surface area contributed by atoms with Gasteiger partial charge in [0.15, 0.2) is 0 Å². The lowest BCUT2D eigenvalue weighted by atomic mass is 10.2. The quantitative estimate of drug-likeness (QED) is 0.676. The maximum atomic E-state index is 10.5. The molecule has 0 aromatic heterocycles. The van der Waals surface area contributed by atoms with Gasteiger partial charge in [0, 0.05) is 0 Å². The minimum Gasteiger partial charge on any atom is -0.276 e. The summed E-state index contributed by atoms with van der Waals surface area (Å²) in [6, 6.07) is 13.3. The van der Waals surface area contributed by atoms with E-state index in [1.54, 1.807) is 48.5 Å². The number of rotatable bonds is 2. The van der Waals surface area contributed by atoms with Crippen molar-refractivity contribution >= 4 is 56.9 Å². The lowest BCUT2D eigenvalue weighted by molar-refractivity contribution is 0.107. The predicted molar refractivity (Wildman–Crippen MR) is 83.3 cm³/mol. The summed E-state index contributed by atoms with van der Waals surface area (Å²) in [6.07, 6.45) is 0. The first-order chi connectivity index (χ1) is 9.43. The third-order valence-corrected chi connectivity index (χ3v) is 3.24. The molecule has 2 nitrogen and oxygen atoms in total. The van der Waals surface area contributed by atoms with Crippen molar-refractivity contribution in [1.29, 1.82) is 0 Å². The van der Waals surface area contributed by atoms with E-state index in [2.05, 4.69) is 0 Å². The molecule has 0 radical (unpaired) electrons. The molecule has 104 valence electrons. The molecule has 0 unspecified atom stereocenters. The first kappa shape index (κ1) is 17.0. The summed E-state index contributed by atoms with van der Waals surface area (Å²) in [5.41, 5.74) is 0.705. The van der Waals surface area contributed by atoms with Gasteiger partial charge >= 0.3 is 0 Å². The second kappa shape index (κ2) is 8.28. The van der Waals surface area contributed by atoms with Gasteiger partial charge in [-0.25, -0.2) is 0 Å². The highest BCUT2D eigenvalue weighted by molar-refractivity contribution is 6.69. The minimum absolute atomic E-state index is 0.353. The summed E-state index contributed by atoms with van der Waals surface area (Å²) >= 11 is 21.6. The Labute approximate surface area is 136 Å². The van der Waals surface area contributed by atoms with Crippen LogP contribution in [0.1, 0.15) is 20.7 Å². The first-order valence-electron chi connectivity index (χ1n) is 5.32. The fourth-order valence-electron chi connectivity index (χ4n) is 1.24. The maximum absolute atomic E-state index is 10.5. The molecule has 0 heterocycles. The molecular weight excluding hydrogens is 342 g/mol. The van der Waals surface area contributed by atoms with E-state index >= 15 is 0 Å².